The zero-order chi connectivity index (χ0) is 13.4. The third kappa shape index (κ3) is 1.99. The van der Waals surface area contributed by atoms with E-state index in [9.17, 15) is 13.9 Å². The fraction of sp³-hybridized carbons (Fsp3) is 0.182. The lowest BCUT2D eigenvalue weighted by molar-refractivity contribution is 0.209. The Morgan fingerprint density at radius 2 is 2.11 bits per heavy atom. The van der Waals surface area contributed by atoms with Gasteiger partial charge in [0.15, 0.2) is 0 Å². The number of halogens is 3. The van der Waals surface area contributed by atoms with Crippen LogP contribution in [0.5, 0.6) is 0 Å². The summed E-state index contributed by atoms with van der Waals surface area (Å²) in [5, 5.41) is 13.9. The second kappa shape index (κ2) is 4.66. The van der Waals surface area contributed by atoms with Gasteiger partial charge in [0, 0.05) is 12.6 Å². The van der Waals surface area contributed by atoms with Crippen molar-refractivity contribution in [1.29, 1.82) is 0 Å². The Bertz CT molecular complexity index is 600. The van der Waals surface area contributed by atoms with Crippen molar-refractivity contribution in [2.75, 3.05) is 5.73 Å². The Morgan fingerprint density at radius 1 is 1.44 bits per heavy atom. The first-order valence-corrected chi connectivity index (χ1v) is 5.81. The van der Waals surface area contributed by atoms with E-state index in [2.05, 4.69) is 21.0 Å². The number of nitrogens with zero attached hydrogens (tertiary/aromatic N) is 2. The third-order valence-electron chi connectivity index (χ3n) is 2.66. The lowest BCUT2D eigenvalue weighted by Crippen LogP contribution is -2.09. The number of hydrogen-bond acceptors (Lipinski definition) is 3. The van der Waals surface area contributed by atoms with Crippen molar-refractivity contribution in [2.24, 2.45) is 7.05 Å². The first-order valence-electron chi connectivity index (χ1n) is 5.02. The van der Waals surface area contributed by atoms with E-state index >= 15 is 0 Å². The Balaban J connectivity index is 2.56. The summed E-state index contributed by atoms with van der Waals surface area (Å²) < 4.78 is 28.8. The van der Waals surface area contributed by atoms with Crippen LogP contribution in [0.2, 0.25) is 0 Å². The fourth-order valence-corrected chi connectivity index (χ4v) is 1.97. The van der Waals surface area contributed by atoms with Crippen LogP contribution in [0, 0.1) is 11.6 Å². The van der Waals surface area contributed by atoms with E-state index in [0.717, 1.165) is 6.07 Å². The van der Waals surface area contributed by atoms with Crippen molar-refractivity contribution in [3.63, 3.8) is 0 Å². The van der Waals surface area contributed by atoms with Crippen molar-refractivity contribution in [3.05, 3.63) is 45.6 Å². The van der Waals surface area contributed by atoms with Gasteiger partial charge in [0.05, 0.1) is 16.2 Å². The minimum absolute atomic E-state index is 0.0698. The number of hydrogen-bond donors (Lipinski definition) is 2. The van der Waals surface area contributed by atoms with Crippen molar-refractivity contribution in [3.8, 4) is 0 Å². The molecule has 0 aliphatic carbocycles. The van der Waals surface area contributed by atoms with Gasteiger partial charge >= 0.3 is 0 Å². The van der Waals surface area contributed by atoms with Crippen LogP contribution in [-0.4, -0.2) is 14.9 Å². The number of aryl methyl sites for hydroxylation is 1. The van der Waals surface area contributed by atoms with Crippen LogP contribution in [0.1, 0.15) is 17.2 Å². The highest BCUT2D eigenvalue weighted by atomic mass is 79.9. The average molecular weight is 318 g/mol. The van der Waals surface area contributed by atoms with Crippen LogP contribution in [0.3, 0.4) is 0 Å². The minimum atomic E-state index is -1.50. The van der Waals surface area contributed by atoms with Gasteiger partial charge in [-0.25, -0.2) is 8.78 Å². The van der Waals surface area contributed by atoms with Crippen LogP contribution < -0.4 is 5.73 Å². The summed E-state index contributed by atoms with van der Waals surface area (Å²) in [5.41, 5.74) is 5.37. The van der Waals surface area contributed by atoms with Crippen LogP contribution in [-0.2, 0) is 7.05 Å². The van der Waals surface area contributed by atoms with Crippen molar-refractivity contribution < 1.29 is 13.9 Å². The lowest BCUT2D eigenvalue weighted by Gasteiger charge is -2.13. The van der Waals surface area contributed by atoms with E-state index in [1.807, 2.05) is 0 Å². The van der Waals surface area contributed by atoms with E-state index in [1.165, 1.54) is 16.9 Å². The summed E-state index contributed by atoms with van der Waals surface area (Å²) in [4.78, 5) is 0. The summed E-state index contributed by atoms with van der Waals surface area (Å²) in [7, 11) is 1.57. The van der Waals surface area contributed by atoms with Gasteiger partial charge in [-0.05, 0) is 28.1 Å². The smallest absolute Gasteiger partial charge is 0.146 e. The highest BCUT2D eigenvalue weighted by Crippen LogP contribution is 2.32. The number of anilines is 1. The number of benzene rings is 1. The maximum absolute atomic E-state index is 13.8. The predicted octanol–water partition coefficient (Wildman–Crippen LogP) is 2.12. The Hall–Kier alpha value is -1.47. The summed E-state index contributed by atoms with van der Waals surface area (Å²) in [6, 6.07) is 2.30. The van der Waals surface area contributed by atoms with Gasteiger partial charge in [0.1, 0.15) is 23.6 Å². The van der Waals surface area contributed by atoms with Gasteiger partial charge in [0.2, 0.25) is 0 Å². The van der Waals surface area contributed by atoms with Crippen molar-refractivity contribution in [2.45, 2.75) is 6.10 Å². The minimum Gasteiger partial charge on any atom is -0.384 e. The number of nitrogens with two attached hydrogens (primary N) is 1. The van der Waals surface area contributed by atoms with Gasteiger partial charge in [-0.3, -0.25) is 4.68 Å². The maximum Gasteiger partial charge on any atom is 0.146 e. The number of aliphatic hydroxyl groups excluding tert-OH is 1. The molecule has 1 unspecified atom stereocenters. The molecule has 1 heterocycles. The SMILES string of the molecule is Cn1ncc(C(O)c2c(F)ccc(Br)c2F)c1N. The maximum atomic E-state index is 13.8. The normalized spacial score (nSPS) is 12.7. The Kier molecular flexibility index (Phi) is 3.36. The van der Waals surface area contributed by atoms with Crippen molar-refractivity contribution >= 4 is 21.7 Å². The fourth-order valence-electron chi connectivity index (χ4n) is 1.62. The van der Waals surface area contributed by atoms with E-state index in [0.29, 0.717) is 0 Å². The Labute approximate surface area is 110 Å². The number of aromatic nitrogens is 2. The van der Waals surface area contributed by atoms with Gasteiger partial charge in [-0.2, -0.15) is 5.10 Å². The van der Waals surface area contributed by atoms with Crippen LogP contribution in [0.25, 0.3) is 0 Å². The van der Waals surface area contributed by atoms with Gasteiger partial charge in [-0.15, -0.1) is 0 Å². The van der Waals surface area contributed by atoms with Gasteiger partial charge in [0.25, 0.3) is 0 Å². The lowest BCUT2D eigenvalue weighted by atomic mass is 10.0. The molecule has 18 heavy (non-hydrogen) atoms. The van der Waals surface area contributed by atoms with E-state index in [-0.39, 0.29) is 15.9 Å². The zero-order valence-electron chi connectivity index (χ0n) is 9.36. The molecule has 0 spiro atoms. The second-order valence-corrected chi connectivity index (χ2v) is 4.62. The topological polar surface area (TPSA) is 64.1 Å². The third-order valence-corrected chi connectivity index (χ3v) is 3.27. The molecule has 1 aromatic carbocycles. The van der Waals surface area contributed by atoms with E-state index in [4.69, 9.17) is 5.73 Å². The molecule has 96 valence electrons. The molecule has 7 heteroatoms. The second-order valence-electron chi connectivity index (χ2n) is 3.77. The first kappa shape index (κ1) is 13.0. The zero-order valence-corrected chi connectivity index (χ0v) is 10.9. The number of rotatable bonds is 2. The predicted molar refractivity (Wildman–Crippen MR) is 65.7 cm³/mol. The van der Waals surface area contributed by atoms with Crippen molar-refractivity contribution in [1.82, 2.24) is 9.78 Å². The summed E-state index contributed by atoms with van der Waals surface area (Å²) in [6.45, 7) is 0. The summed E-state index contributed by atoms with van der Waals surface area (Å²) in [6.07, 6.45) is -0.226. The van der Waals surface area contributed by atoms with Crippen LogP contribution in [0.4, 0.5) is 14.6 Å². The first-order chi connectivity index (χ1) is 8.43. The molecule has 0 saturated carbocycles. The highest BCUT2D eigenvalue weighted by Gasteiger charge is 2.24. The molecule has 0 bridgehead atoms. The average Bonchev–Trinajstić information content (AvgIpc) is 2.65. The Morgan fingerprint density at radius 3 is 2.67 bits per heavy atom. The molecular weight excluding hydrogens is 308 g/mol. The largest absolute Gasteiger partial charge is 0.384 e. The summed E-state index contributed by atoms with van der Waals surface area (Å²) >= 11 is 2.94. The highest BCUT2D eigenvalue weighted by molar-refractivity contribution is 9.10. The van der Waals surface area contributed by atoms with Crippen LogP contribution in [0.15, 0.2) is 22.8 Å². The van der Waals surface area contributed by atoms with Gasteiger partial charge < -0.3 is 10.8 Å². The van der Waals surface area contributed by atoms with Gasteiger partial charge in [-0.1, -0.05) is 0 Å². The number of aliphatic hydroxyl groups is 1. The molecule has 0 radical (unpaired) electrons. The van der Waals surface area contributed by atoms with Crippen LogP contribution >= 0.6 is 15.9 Å². The molecule has 2 aromatic rings. The summed E-state index contributed by atoms with van der Waals surface area (Å²) in [5.74, 6) is -1.54. The molecule has 0 aliphatic heterocycles. The molecule has 0 fully saturated rings. The molecular formula is C11H10BrF2N3O. The van der Waals surface area contributed by atoms with E-state index in [1.54, 1.807) is 7.05 Å². The molecule has 3 N–H and O–H groups in total. The number of nitrogen functional groups attached to an aromatic ring is 1. The molecule has 0 aliphatic rings. The molecule has 4 nitrogen and oxygen atoms in total. The standard InChI is InChI=1S/C11H10BrF2N3O/c1-17-11(15)5(4-16-17)10(18)8-7(13)3-2-6(12)9(8)14/h2-4,10,18H,15H2,1H3. The molecule has 1 atom stereocenters. The molecule has 0 amide bonds. The molecule has 2 rings (SSSR count). The molecule has 0 saturated heterocycles. The molecule has 1 aromatic heterocycles. The van der Waals surface area contributed by atoms with E-state index < -0.39 is 23.3 Å². The monoisotopic (exact) mass is 317 g/mol. The quantitative estimate of drug-likeness (QED) is 0.834.